The SMILES string of the molecule is O=C(CC(c1cccc(C(F)(F)F)c1)c1c[nH]c2ccccc12)N1CCN(Cc2ccc3c(c2)OCO3)CC1. The van der Waals surface area contributed by atoms with Crippen LogP contribution < -0.4 is 9.47 Å². The van der Waals surface area contributed by atoms with Gasteiger partial charge in [-0.2, -0.15) is 13.2 Å². The molecule has 0 bridgehead atoms. The van der Waals surface area contributed by atoms with E-state index in [4.69, 9.17) is 9.47 Å². The first-order chi connectivity index (χ1) is 18.8. The zero-order valence-corrected chi connectivity index (χ0v) is 21.2. The molecule has 0 aliphatic carbocycles. The van der Waals surface area contributed by atoms with E-state index in [1.54, 1.807) is 6.07 Å². The van der Waals surface area contributed by atoms with Gasteiger partial charge in [0.15, 0.2) is 11.5 Å². The lowest BCUT2D eigenvalue weighted by atomic mass is 9.87. The van der Waals surface area contributed by atoms with Gasteiger partial charge in [0, 0.05) is 62.2 Å². The molecule has 1 unspecified atom stereocenters. The number of nitrogens with one attached hydrogen (secondary N) is 1. The van der Waals surface area contributed by atoms with Gasteiger partial charge in [-0.25, -0.2) is 0 Å². The molecule has 0 spiro atoms. The molecular weight excluding hydrogens is 507 g/mol. The fourth-order valence-electron chi connectivity index (χ4n) is 5.48. The summed E-state index contributed by atoms with van der Waals surface area (Å²) in [7, 11) is 0. The van der Waals surface area contributed by atoms with Crippen LogP contribution in [0.25, 0.3) is 10.9 Å². The van der Waals surface area contributed by atoms with Crippen LogP contribution in [0.5, 0.6) is 11.5 Å². The van der Waals surface area contributed by atoms with Crippen LogP contribution in [0.2, 0.25) is 0 Å². The molecule has 0 saturated carbocycles. The van der Waals surface area contributed by atoms with Gasteiger partial charge < -0.3 is 19.4 Å². The summed E-state index contributed by atoms with van der Waals surface area (Å²) < 4.78 is 51.5. The molecule has 6 nitrogen and oxygen atoms in total. The van der Waals surface area contributed by atoms with Crippen LogP contribution in [0.15, 0.2) is 72.9 Å². The van der Waals surface area contributed by atoms with Crippen LogP contribution in [-0.4, -0.2) is 53.7 Å². The van der Waals surface area contributed by atoms with Crippen LogP contribution in [0.1, 0.15) is 34.6 Å². The summed E-state index contributed by atoms with van der Waals surface area (Å²) in [6.45, 7) is 3.52. The topological polar surface area (TPSA) is 57.8 Å². The Morgan fingerprint density at radius 3 is 2.54 bits per heavy atom. The number of fused-ring (bicyclic) bond motifs is 2. The second-order valence-electron chi connectivity index (χ2n) is 10.0. The van der Waals surface area contributed by atoms with Crippen molar-refractivity contribution >= 4 is 16.8 Å². The lowest BCUT2D eigenvalue weighted by Gasteiger charge is -2.35. The molecule has 1 fully saturated rings. The van der Waals surface area contributed by atoms with Gasteiger partial charge in [0.2, 0.25) is 12.7 Å². The number of rotatable bonds is 6. The van der Waals surface area contributed by atoms with E-state index in [1.807, 2.05) is 53.6 Å². The molecule has 9 heteroatoms. The van der Waals surface area contributed by atoms with E-state index in [2.05, 4.69) is 9.88 Å². The lowest BCUT2D eigenvalue weighted by Crippen LogP contribution is -2.48. The summed E-state index contributed by atoms with van der Waals surface area (Å²) in [4.78, 5) is 20.9. The minimum atomic E-state index is -4.46. The molecule has 1 atom stereocenters. The maximum Gasteiger partial charge on any atom is 0.416 e. The highest BCUT2D eigenvalue weighted by Crippen LogP contribution is 2.37. The largest absolute Gasteiger partial charge is 0.454 e. The maximum atomic E-state index is 13.5. The molecule has 3 aromatic carbocycles. The van der Waals surface area contributed by atoms with Crippen LogP contribution in [-0.2, 0) is 17.5 Å². The molecule has 2 aliphatic rings. The lowest BCUT2D eigenvalue weighted by molar-refractivity contribution is -0.137. The molecule has 1 N–H and O–H groups in total. The summed E-state index contributed by atoms with van der Waals surface area (Å²) in [5, 5.41) is 0.904. The Morgan fingerprint density at radius 2 is 1.72 bits per heavy atom. The molecule has 3 heterocycles. The van der Waals surface area contributed by atoms with Gasteiger partial charge in [-0.1, -0.05) is 42.5 Å². The van der Waals surface area contributed by atoms with Crippen molar-refractivity contribution < 1.29 is 27.4 Å². The van der Waals surface area contributed by atoms with Crippen molar-refractivity contribution in [2.75, 3.05) is 33.0 Å². The third-order valence-corrected chi connectivity index (χ3v) is 7.56. The highest BCUT2D eigenvalue weighted by molar-refractivity contribution is 5.86. The van der Waals surface area contributed by atoms with Gasteiger partial charge in [0.1, 0.15) is 0 Å². The number of benzene rings is 3. The van der Waals surface area contributed by atoms with Gasteiger partial charge in [-0.15, -0.1) is 0 Å². The molecule has 0 radical (unpaired) electrons. The summed E-state index contributed by atoms with van der Waals surface area (Å²) in [6.07, 6.45) is -2.56. The molecule has 39 heavy (non-hydrogen) atoms. The number of halogens is 3. The first-order valence-corrected chi connectivity index (χ1v) is 13.0. The van der Waals surface area contributed by atoms with Gasteiger partial charge >= 0.3 is 6.18 Å². The monoisotopic (exact) mass is 535 g/mol. The molecule has 202 valence electrons. The average Bonchev–Trinajstić information content (AvgIpc) is 3.58. The van der Waals surface area contributed by atoms with Crippen molar-refractivity contribution in [3.05, 3.63) is 95.2 Å². The number of carbonyl (C=O) groups is 1. The van der Waals surface area contributed by atoms with Crippen molar-refractivity contribution in [3.8, 4) is 11.5 Å². The number of nitrogens with zero attached hydrogens (tertiary/aromatic N) is 2. The molecular formula is C30H28F3N3O3. The third kappa shape index (κ3) is 5.31. The van der Waals surface area contributed by atoms with Gasteiger partial charge in [-0.05, 0) is 41.0 Å². The van der Waals surface area contributed by atoms with Gasteiger partial charge in [-0.3, -0.25) is 9.69 Å². The van der Waals surface area contributed by atoms with Crippen LogP contribution in [0.3, 0.4) is 0 Å². The summed E-state index contributed by atoms with van der Waals surface area (Å²) in [5.74, 6) is 0.923. The van der Waals surface area contributed by atoms with Crippen LogP contribution >= 0.6 is 0 Å². The summed E-state index contributed by atoms with van der Waals surface area (Å²) >= 11 is 0. The van der Waals surface area contributed by atoms with Crippen molar-refractivity contribution in [2.24, 2.45) is 0 Å². The number of carbonyl (C=O) groups excluding carboxylic acids is 1. The Hall–Kier alpha value is -3.98. The van der Waals surface area contributed by atoms with Crippen molar-refractivity contribution in [1.82, 2.24) is 14.8 Å². The third-order valence-electron chi connectivity index (χ3n) is 7.56. The van der Waals surface area contributed by atoms with E-state index in [0.717, 1.165) is 46.1 Å². The molecule has 2 aliphatic heterocycles. The van der Waals surface area contributed by atoms with Gasteiger partial charge in [0.25, 0.3) is 0 Å². The van der Waals surface area contributed by atoms with Gasteiger partial charge in [0.05, 0.1) is 5.56 Å². The molecule has 1 aromatic heterocycles. The van der Waals surface area contributed by atoms with Crippen molar-refractivity contribution in [1.29, 1.82) is 0 Å². The molecule has 1 amide bonds. The smallest absolute Gasteiger partial charge is 0.416 e. The van der Waals surface area contributed by atoms with Crippen molar-refractivity contribution in [3.63, 3.8) is 0 Å². The number of piperazine rings is 1. The van der Waals surface area contributed by atoms with E-state index < -0.39 is 17.7 Å². The number of aromatic amines is 1. The Bertz CT molecular complexity index is 1490. The average molecular weight is 536 g/mol. The number of ether oxygens (including phenoxy) is 2. The zero-order valence-electron chi connectivity index (χ0n) is 21.2. The minimum absolute atomic E-state index is 0.0644. The first-order valence-electron chi connectivity index (χ1n) is 13.0. The van der Waals surface area contributed by atoms with Crippen LogP contribution in [0.4, 0.5) is 13.2 Å². The normalized spacial score (nSPS) is 16.5. The van der Waals surface area contributed by atoms with E-state index in [9.17, 15) is 18.0 Å². The van der Waals surface area contributed by atoms with E-state index in [1.165, 1.54) is 12.1 Å². The second-order valence-corrected chi connectivity index (χ2v) is 10.0. The number of H-pyrrole nitrogens is 1. The summed E-state index contributed by atoms with van der Waals surface area (Å²) in [5.41, 5.74) is 2.58. The Morgan fingerprint density at radius 1 is 0.923 bits per heavy atom. The Labute approximate surface area is 223 Å². The quantitative estimate of drug-likeness (QED) is 0.340. The number of para-hydroxylation sites is 1. The van der Waals surface area contributed by atoms with Crippen molar-refractivity contribution in [2.45, 2.75) is 25.1 Å². The zero-order chi connectivity index (χ0) is 27.0. The maximum absolute atomic E-state index is 13.5. The first kappa shape index (κ1) is 25.3. The number of amides is 1. The Balaban J connectivity index is 1.18. The second kappa shape index (κ2) is 10.3. The highest BCUT2D eigenvalue weighted by atomic mass is 19.4. The van der Waals surface area contributed by atoms with E-state index >= 15 is 0 Å². The Kier molecular flexibility index (Phi) is 6.68. The number of hydrogen-bond donors (Lipinski definition) is 1. The summed E-state index contributed by atoms with van der Waals surface area (Å²) in [6, 6.07) is 18.9. The van der Waals surface area contributed by atoms with E-state index in [-0.39, 0.29) is 19.1 Å². The molecule has 1 saturated heterocycles. The fourth-order valence-corrected chi connectivity index (χ4v) is 5.48. The van der Waals surface area contributed by atoms with Crippen LogP contribution in [0, 0.1) is 0 Å². The number of hydrogen-bond acceptors (Lipinski definition) is 4. The predicted molar refractivity (Wildman–Crippen MR) is 141 cm³/mol. The number of aromatic nitrogens is 1. The molecule has 4 aromatic rings. The fraction of sp³-hybridized carbons (Fsp3) is 0.300. The standard InChI is InChI=1S/C30H28F3N3O3/c31-30(32,33)22-5-3-4-21(15-22)24(25-17-34-26-7-2-1-6-23(25)26)16-29(37)36-12-10-35(11-13-36)18-20-8-9-27-28(14-20)39-19-38-27/h1-9,14-15,17,24,34H,10-13,16,18-19H2. The highest BCUT2D eigenvalue weighted by Gasteiger charge is 2.32. The minimum Gasteiger partial charge on any atom is -0.454 e. The van der Waals surface area contributed by atoms with E-state index in [0.29, 0.717) is 31.7 Å². The molecule has 6 rings (SSSR count). The number of alkyl halides is 3. The predicted octanol–water partition coefficient (Wildman–Crippen LogP) is 5.78.